The first-order valence-corrected chi connectivity index (χ1v) is 6.75. The lowest BCUT2D eigenvalue weighted by molar-refractivity contribution is 0.0950. The Kier molecular flexibility index (Phi) is 4.50. The van der Waals surface area contributed by atoms with Crippen molar-refractivity contribution in [2.45, 2.75) is 13.5 Å². The smallest absolute Gasteiger partial charge is 0.254 e. The van der Waals surface area contributed by atoms with Gasteiger partial charge in [-0.15, -0.1) is 0 Å². The standard InChI is InChI=1S/C13H11BrClN3O/c1-8-3-2-4-16-11(8)7-18-13(19)10-5-9(14)6-17-12(10)15/h2-6H,7H2,1H3,(H,18,19). The van der Waals surface area contributed by atoms with E-state index in [2.05, 4.69) is 31.2 Å². The van der Waals surface area contributed by atoms with Crippen molar-refractivity contribution < 1.29 is 4.79 Å². The van der Waals surface area contributed by atoms with Crippen molar-refractivity contribution in [3.8, 4) is 0 Å². The van der Waals surface area contributed by atoms with Crippen LogP contribution in [0.3, 0.4) is 0 Å². The molecule has 6 heteroatoms. The van der Waals surface area contributed by atoms with Gasteiger partial charge in [-0.3, -0.25) is 9.78 Å². The maximum Gasteiger partial charge on any atom is 0.254 e. The zero-order chi connectivity index (χ0) is 13.8. The third kappa shape index (κ3) is 3.52. The molecule has 2 heterocycles. The Morgan fingerprint density at radius 2 is 2.26 bits per heavy atom. The lowest BCUT2D eigenvalue weighted by atomic mass is 10.2. The van der Waals surface area contributed by atoms with Crippen LogP contribution in [-0.4, -0.2) is 15.9 Å². The number of hydrogen-bond acceptors (Lipinski definition) is 3. The Bertz CT molecular complexity index is 619. The van der Waals surface area contributed by atoms with Crippen LogP contribution >= 0.6 is 27.5 Å². The van der Waals surface area contributed by atoms with E-state index in [4.69, 9.17) is 11.6 Å². The molecule has 0 aliphatic heterocycles. The fraction of sp³-hybridized carbons (Fsp3) is 0.154. The first-order chi connectivity index (χ1) is 9.08. The topological polar surface area (TPSA) is 54.9 Å². The molecular formula is C13H11BrClN3O. The molecule has 0 saturated heterocycles. The van der Waals surface area contributed by atoms with Crippen molar-refractivity contribution in [3.63, 3.8) is 0 Å². The summed E-state index contributed by atoms with van der Waals surface area (Å²) < 4.78 is 0.705. The highest BCUT2D eigenvalue weighted by atomic mass is 79.9. The first-order valence-electron chi connectivity index (χ1n) is 5.57. The summed E-state index contributed by atoms with van der Waals surface area (Å²) in [4.78, 5) is 20.1. The second-order valence-corrected chi connectivity index (χ2v) is 5.22. The van der Waals surface area contributed by atoms with E-state index >= 15 is 0 Å². The Morgan fingerprint density at radius 1 is 1.47 bits per heavy atom. The lowest BCUT2D eigenvalue weighted by Crippen LogP contribution is -2.24. The summed E-state index contributed by atoms with van der Waals surface area (Å²) >= 11 is 9.15. The predicted molar refractivity (Wildman–Crippen MR) is 77.1 cm³/mol. The molecule has 0 bridgehead atoms. The molecule has 1 N–H and O–H groups in total. The lowest BCUT2D eigenvalue weighted by Gasteiger charge is -2.08. The van der Waals surface area contributed by atoms with Gasteiger partial charge >= 0.3 is 0 Å². The Labute approximate surface area is 124 Å². The van der Waals surface area contributed by atoms with Gasteiger partial charge in [0.1, 0.15) is 5.15 Å². The first kappa shape index (κ1) is 14.0. The highest BCUT2D eigenvalue weighted by Crippen LogP contribution is 2.18. The summed E-state index contributed by atoms with van der Waals surface area (Å²) in [7, 11) is 0. The number of rotatable bonds is 3. The number of nitrogens with one attached hydrogen (secondary N) is 1. The van der Waals surface area contributed by atoms with Gasteiger partial charge in [-0.05, 0) is 40.5 Å². The van der Waals surface area contributed by atoms with E-state index < -0.39 is 0 Å². The molecule has 0 aliphatic rings. The molecule has 2 rings (SSSR count). The molecular weight excluding hydrogens is 330 g/mol. The molecule has 0 fully saturated rings. The third-order valence-electron chi connectivity index (χ3n) is 2.58. The predicted octanol–water partition coefficient (Wildman–Crippen LogP) is 3.13. The molecule has 0 radical (unpaired) electrons. The van der Waals surface area contributed by atoms with Crippen molar-refractivity contribution in [2.75, 3.05) is 0 Å². The summed E-state index contributed by atoms with van der Waals surface area (Å²) in [5.41, 5.74) is 2.20. The highest BCUT2D eigenvalue weighted by Gasteiger charge is 2.12. The minimum absolute atomic E-state index is 0.179. The average molecular weight is 341 g/mol. The van der Waals surface area contributed by atoms with E-state index in [0.29, 0.717) is 16.6 Å². The van der Waals surface area contributed by atoms with Gasteiger partial charge in [0.25, 0.3) is 5.91 Å². The monoisotopic (exact) mass is 339 g/mol. The quantitative estimate of drug-likeness (QED) is 0.873. The van der Waals surface area contributed by atoms with Crippen LogP contribution in [0, 0.1) is 6.92 Å². The number of pyridine rings is 2. The number of amides is 1. The summed E-state index contributed by atoms with van der Waals surface area (Å²) in [6.07, 6.45) is 3.24. The number of nitrogens with zero attached hydrogens (tertiary/aromatic N) is 2. The zero-order valence-corrected chi connectivity index (χ0v) is 12.5. The molecule has 0 atom stereocenters. The number of aryl methyl sites for hydroxylation is 1. The Hall–Kier alpha value is -1.46. The van der Waals surface area contributed by atoms with Crippen LogP contribution in [0.25, 0.3) is 0 Å². The summed E-state index contributed by atoms with van der Waals surface area (Å²) in [6, 6.07) is 5.44. The fourth-order valence-corrected chi connectivity index (χ4v) is 2.06. The molecule has 2 aromatic rings. The molecule has 0 spiro atoms. The van der Waals surface area contributed by atoms with Crippen LogP contribution in [0.15, 0.2) is 35.1 Å². The highest BCUT2D eigenvalue weighted by molar-refractivity contribution is 9.10. The molecule has 19 heavy (non-hydrogen) atoms. The Balaban J connectivity index is 2.10. The number of carbonyl (C=O) groups is 1. The maximum absolute atomic E-state index is 12.0. The molecule has 0 aliphatic carbocycles. The summed E-state index contributed by atoms with van der Waals surface area (Å²) in [6.45, 7) is 2.30. The molecule has 0 unspecified atom stereocenters. The molecule has 2 aromatic heterocycles. The molecule has 98 valence electrons. The minimum atomic E-state index is -0.274. The molecule has 1 amide bonds. The van der Waals surface area contributed by atoms with Crippen LogP contribution in [0.5, 0.6) is 0 Å². The van der Waals surface area contributed by atoms with Gasteiger partial charge in [0.15, 0.2) is 0 Å². The minimum Gasteiger partial charge on any atom is -0.346 e. The fourth-order valence-electron chi connectivity index (χ4n) is 1.54. The number of hydrogen-bond donors (Lipinski definition) is 1. The van der Waals surface area contributed by atoms with Gasteiger partial charge in [0, 0.05) is 16.9 Å². The van der Waals surface area contributed by atoms with Crippen LogP contribution in [0.4, 0.5) is 0 Å². The van der Waals surface area contributed by atoms with Crippen molar-refractivity contribution in [3.05, 3.63) is 57.0 Å². The average Bonchev–Trinajstić information content (AvgIpc) is 2.40. The van der Waals surface area contributed by atoms with Gasteiger partial charge < -0.3 is 5.32 Å². The van der Waals surface area contributed by atoms with Crippen LogP contribution in [-0.2, 0) is 6.54 Å². The second kappa shape index (κ2) is 6.12. The normalized spacial score (nSPS) is 10.3. The second-order valence-electron chi connectivity index (χ2n) is 3.94. The number of carbonyl (C=O) groups excluding carboxylic acids is 1. The zero-order valence-electron chi connectivity index (χ0n) is 10.2. The summed E-state index contributed by atoms with van der Waals surface area (Å²) in [5.74, 6) is -0.274. The van der Waals surface area contributed by atoms with E-state index in [-0.39, 0.29) is 11.1 Å². The summed E-state index contributed by atoms with van der Waals surface area (Å²) in [5, 5.41) is 2.96. The van der Waals surface area contributed by atoms with Crippen molar-refractivity contribution in [1.29, 1.82) is 0 Å². The number of aromatic nitrogens is 2. The van der Waals surface area contributed by atoms with Gasteiger partial charge in [-0.25, -0.2) is 4.98 Å². The van der Waals surface area contributed by atoms with Gasteiger partial charge in [0.2, 0.25) is 0 Å². The molecule has 4 nitrogen and oxygen atoms in total. The van der Waals surface area contributed by atoms with Crippen LogP contribution in [0.1, 0.15) is 21.6 Å². The SMILES string of the molecule is Cc1cccnc1CNC(=O)c1cc(Br)cnc1Cl. The van der Waals surface area contributed by atoms with Gasteiger partial charge in [0.05, 0.1) is 17.8 Å². The largest absolute Gasteiger partial charge is 0.346 e. The molecule has 0 aromatic carbocycles. The van der Waals surface area contributed by atoms with Crippen molar-refractivity contribution >= 4 is 33.4 Å². The van der Waals surface area contributed by atoms with E-state index in [1.807, 2.05) is 19.1 Å². The maximum atomic E-state index is 12.0. The van der Waals surface area contributed by atoms with Crippen LogP contribution in [0.2, 0.25) is 5.15 Å². The van der Waals surface area contributed by atoms with Gasteiger partial charge in [-0.1, -0.05) is 17.7 Å². The molecule has 0 saturated carbocycles. The third-order valence-corrected chi connectivity index (χ3v) is 3.32. The number of halogens is 2. The van der Waals surface area contributed by atoms with E-state index in [0.717, 1.165) is 11.3 Å². The van der Waals surface area contributed by atoms with E-state index in [1.165, 1.54) is 0 Å². The van der Waals surface area contributed by atoms with E-state index in [1.54, 1.807) is 18.5 Å². The van der Waals surface area contributed by atoms with Crippen molar-refractivity contribution in [1.82, 2.24) is 15.3 Å². The van der Waals surface area contributed by atoms with E-state index in [9.17, 15) is 4.79 Å². The van der Waals surface area contributed by atoms with Crippen molar-refractivity contribution in [2.24, 2.45) is 0 Å². The Morgan fingerprint density at radius 3 is 3.00 bits per heavy atom. The van der Waals surface area contributed by atoms with Crippen LogP contribution < -0.4 is 5.32 Å². The van der Waals surface area contributed by atoms with Gasteiger partial charge in [-0.2, -0.15) is 0 Å².